The van der Waals surface area contributed by atoms with Crippen LogP contribution in [0, 0.1) is 0 Å². The number of rotatable bonds is 0. The minimum Gasteiger partial charge on any atom is -0.294 e. The summed E-state index contributed by atoms with van der Waals surface area (Å²) in [5, 5.41) is 2.56. The quantitative estimate of drug-likeness (QED) is 0.660. The highest BCUT2D eigenvalue weighted by molar-refractivity contribution is 6.21. The first-order valence-corrected chi connectivity index (χ1v) is 5.81. The molecule has 0 saturated carbocycles. The predicted octanol–water partition coefficient (Wildman–Crippen LogP) is 3.59. The molecule has 2 aromatic rings. The van der Waals surface area contributed by atoms with Gasteiger partial charge in [-0.1, -0.05) is 42.5 Å². The van der Waals surface area contributed by atoms with Crippen molar-refractivity contribution in [2.24, 2.45) is 0 Å². The van der Waals surface area contributed by atoms with Gasteiger partial charge in [0, 0.05) is 6.42 Å². The van der Waals surface area contributed by atoms with E-state index in [0.29, 0.717) is 6.42 Å². The summed E-state index contributed by atoms with van der Waals surface area (Å²) in [7, 11) is 0. The van der Waals surface area contributed by atoms with E-state index < -0.39 is 0 Å². The van der Waals surface area contributed by atoms with Crippen molar-refractivity contribution in [3.05, 3.63) is 59.7 Å². The molecule has 2 aliphatic carbocycles. The maximum atomic E-state index is 11.6. The van der Waals surface area contributed by atoms with Crippen molar-refractivity contribution in [3.63, 3.8) is 0 Å². The second-order valence-corrected chi connectivity index (χ2v) is 4.58. The molecule has 0 bridgehead atoms. The largest absolute Gasteiger partial charge is 0.294 e. The summed E-state index contributed by atoms with van der Waals surface area (Å²) < 4.78 is 0. The van der Waals surface area contributed by atoms with Crippen LogP contribution >= 0.6 is 0 Å². The highest BCUT2D eigenvalue weighted by Crippen LogP contribution is 2.45. The number of hydrogen-bond donors (Lipinski definition) is 0. The highest BCUT2D eigenvalue weighted by Gasteiger charge is 2.25. The third-order valence-electron chi connectivity index (χ3n) is 3.63. The zero-order valence-electron chi connectivity index (χ0n) is 9.23. The Morgan fingerprint density at radius 2 is 1.65 bits per heavy atom. The van der Waals surface area contributed by atoms with Gasteiger partial charge in [-0.05, 0) is 39.1 Å². The van der Waals surface area contributed by atoms with Crippen LogP contribution in [0.15, 0.2) is 48.6 Å². The molecule has 0 unspecified atom stereocenters. The Balaban J connectivity index is 2.15. The standard InChI is InChI=1S/C16H10O/c17-11-7-8-12-13-5-1-3-10-4-2-6-14(16(10)13)15(12)9-11/h1-8H,9H2. The molecule has 2 aromatic carbocycles. The maximum Gasteiger partial charge on any atom is 0.160 e. The third-order valence-corrected chi connectivity index (χ3v) is 3.63. The lowest BCUT2D eigenvalue weighted by Gasteiger charge is -2.08. The van der Waals surface area contributed by atoms with Gasteiger partial charge in [-0.15, -0.1) is 0 Å². The van der Waals surface area contributed by atoms with Crippen LogP contribution in [0.4, 0.5) is 0 Å². The predicted molar refractivity (Wildman–Crippen MR) is 69.5 cm³/mol. The van der Waals surface area contributed by atoms with Crippen LogP contribution in [-0.2, 0) is 4.79 Å². The minimum atomic E-state index is 0.202. The van der Waals surface area contributed by atoms with Gasteiger partial charge in [-0.3, -0.25) is 4.79 Å². The molecular weight excluding hydrogens is 208 g/mol. The van der Waals surface area contributed by atoms with Crippen LogP contribution in [0.3, 0.4) is 0 Å². The molecule has 0 N–H and O–H groups in total. The fraction of sp³-hybridized carbons (Fsp3) is 0.0625. The summed E-state index contributed by atoms with van der Waals surface area (Å²) in [5.41, 5.74) is 4.95. The summed E-state index contributed by atoms with van der Waals surface area (Å²) >= 11 is 0. The van der Waals surface area contributed by atoms with E-state index in [4.69, 9.17) is 0 Å². The van der Waals surface area contributed by atoms with Gasteiger partial charge in [0.1, 0.15) is 0 Å². The topological polar surface area (TPSA) is 17.1 Å². The molecule has 0 amide bonds. The van der Waals surface area contributed by atoms with Crippen molar-refractivity contribution < 1.29 is 4.79 Å². The van der Waals surface area contributed by atoms with Crippen molar-refractivity contribution in [3.8, 4) is 0 Å². The molecule has 17 heavy (non-hydrogen) atoms. The van der Waals surface area contributed by atoms with Crippen LogP contribution in [0.1, 0.15) is 17.5 Å². The molecule has 0 saturated heterocycles. The summed E-state index contributed by atoms with van der Waals surface area (Å²) in [6.07, 6.45) is 4.21. The minimum absolute atomic E-state index is 0.202. The Labute approximate surface area is 99.1 Å². The molecule has 1 heteroatoms. The second kappa shape index (κ2) is 2.95. The molecule has 4 rings (SSSR count). The first-order valence-electron chi connectivity index (χ1n) is 5.81. The number of hydrogen-bond acceptors (Lipinski definition) is 1. The molecule has 0 radical (unpaired) electrons. The zero-order chi connectivity index (χ0) is 11.4. The van der Waals surface area contributed by atoms with Gasteiger partial charge in [0.25, 0.3) is 0 Å². The van der Waals surface area contributed by atoms with Gasteiger partial charge >= 0.3 is 0 Å². The van der Waals surface area contributed by atoms with E-state index in [0.717, 1.165) is 0 Å². The molecule has 80 valence electrons. The molecule has 0 aliphatic heterocycles. The van der Waals surface area contributed by atoms with E-state index in [1.165, 1.54) is 33.0 Å². The summed E-state index contributed by atoms with van der Waals surface area (Å²) in [4.78, 5) is 11.6. The molecular formula is C16H10O. The maximum absolute atomic E-state index is 11.6. The van der Waals surface area contributed by atoms with E-state index in [1.807, 2.05) is 6.08 Å². The molecule has 1 nitrogen and oxygen atoms in total. The van der Waals surface area contributed by atoms with E-state index in [9.17, 15) is 4.79 Å². The number of ketones is 1. The first-order chi connectivity index (χ1) is 8.34. The monoisotopic (exact) mass is 218 g/mol. The van der Waals surface area contributed by atoms with E-state index in [2.05, 4.69) is 36.4 Å². The lowest BCUT2D eigenvalue weighted by molar-refractivity contribution is -0.113. The van der Waals surface area contributed by atoms with Crippen molar-refractivity contribution in [2.45, 2.75) is 6.42 Å². The van der Waals surface area contributed by atoms with Crippen LogP contribution in [0.2, 0.25) is 0 Å². The number of carbonyl (C=O) groups excluding carboxylic acids is 1. The number of fused-ring (bicyclic) bond motifs is 2. The van der Waals surface area contributed by atoms with Crippen LogP contribution in [-0.4, -0.2) is 5.78 Å². The lowest BCUT2D eigenvalue weighted by Crippen LogP contribution is -1.99. The lowest BCUT2D eigenvalue weighted by atomic mass is 9.95. The van der Waals surface area contributed by atoms with Gasteiger partial charge in [0.2, 0.25) is 0 Å². The van der Waals surface area contributed by atoms with Crippen molar-refractivity contribution >= 4 is 27.7 Å². The fourth-order valence-corrected chi connectivity index (χ4v) is 2.91. The van der Waals surface area contributed by atoms with E-state index in [1.54, 1.807) is 6.08 Å². The Morgan fingerprint density at radius 3 is 2.47 bits per heavy atom. The van der Waals surface area contributed by atoms with E-state index in [-0.39, 0.29) is 5.78 Å². The molecule has 0 atom stereocenters. The van der Waals surface area contributed by atoms with Gasteiger partial charge in [-0.25, -0.2) is 0 Å². The summed E-state index contributed by atoms with van der Waals surface area (Å²) in [5.74, 6) is 0.202. The molecule has 0 spiro atoms. The Bertz CT molecular complexity index is 727. The fourth-order valence-electron chi connectivity index (χ4n) is 2.91. The molecule has 0 fully saturated rings. The number of allylic oxidation sites excluding steroid dienone is 4. The Kier molecular flexibility index (Phi) is 1.55. The van der Waals surface area contributed by atoms with Crippen LogP contribution in [0.25, 0.3) is 21.9 Å². The second-order valence-electron chi connectivity index (χ2n) is 4.58. The smallest absolute Gasteiger partial charge is 0.160 e. The normalized spacial score (nSPS) is 16.8. The number of carbonyl (C=O) groups is 1. The van der Waals surface area contributed by atoms with E-state index >= 15 is 0 Å². The summed E-state index contributed by atoms with van der Waals surface area (Å²) in [6, 6.07) is 12.7. The average Bonchev–Trinajstić information content (AvgIpc) is 2.67. The van der Waals surface area contributed by atoms with Gasteiger partial charge < -0.3 is 0 Å². The molecule has 0 aromatic heterocycles. The zero-order valence-corrected chi connectivity index (χ0v) is 9.23. The number of benzene rings is 2. The van der Waals surface area contributed by atoms with Gasteiger partial charge in [0.15, 0.2) is 5.78 Å². The Morgan fingerprint density at radius 1 is 0.882 bits per heavy atom. The first kappa shape index (κ1) is 8.94. The SMILES string of the molecule is O=C1C=CC2=C(C1)c1cccc3cccc2c13. The van der Waals surface area contributed by atoms with Gasteiger partial charge in [-0.2, -0.15) is 0 Å². The van der Waals surface area contributed by atoms with Crippen molar-refractivity contribution in [1.82, 2.24) is 0 Å². The van der Waals surface area contributed by atoms with Crippen molar-refractivity contribution in [1.29, 1.82) is 0 Å². The highest BCUT2D eigenvalue weighted by atomic mass is 16.1. The molecule has 2 aliphatic rings. The molecule has 0 heterocycles. The van der Waals surface area contributed by atoms with Crippen LogP contribution < -0.4 is 0 Å². The Hall–Kier alpha value is -2.15. The van der Waals surface area contributed by atoms with Crippen molar-refractivity contribution in [2.75, 3.05) is 0 Å². The average molecular weight is 218 g/mol. The third kappa shape index (κ3) is 1.06. The van der Waals surface area contributed by atoms with Gasteiger partial charge in [0.05, 0.1) is 0 Å². The summed E-state index contributed by atoms with van der Waals surface area (Å²) in [6.45, 7) is 0. The van der Waals surface area contributed by atoms with Crippen LogP contribution in [0.5, 0.6) is 0 Å².